The summed E-state index contributed by atoms with van der Waals surface area (Å²) in [5, 5.41) is 13.4. The molecule has 0 aliphatic carbocycles. The molecular weight excluding hydrogens is 402 g/mol. The van der Waals surface area contributed by atoms with Gasteiger partial charge in [-0.25, -0.2) is 0 Å². The lowest BCUT2D eigenvalue weighted by atomic mass is 9.87. The zero-order chi connectivity index (χ0) is 19.1. The molecule has 0 saturated heterocycles. The maximum atomic E-state index is 12.6. The summed E-state index contributed by atoms with van der Waals surface area (Å²) in [4.78, 5) is 12.6. The number of carbonyl (C=O) groups is 1. The van der Waals surface area contributed by atoms with Crippen molar-refractivity contribution in [3.8, 4) is 5.75 Å². The molecule has 0 saturated carbocycles. The monoisotopic (exact) mass is 423 g/mol. The van der Waals surface area contributed by atoms with Gasteiger partial charge in [-0.05, 0) is 35.7 Å². The minimum absolute atomic E-state index is 0.0286. The Balaban J connectivity index is 1.72. The molecule has 3 aromatic rings. The van der Waals surface area contributed by atoms with Crippen molar-refractivity contribution < 1.29 is 9.90 Å². The number of hydrogen-bond donors (Lipinski definition) is 2. The van der Waals surface area contributed by atoms with Crippen LogP contribution in [-0.4, -0.2) is 17.6 Å². The Bertz CT molecular complexity index is 881. The Morgan fingerprint density at radius 1 is 0.963 bits per heavy atom. The van der Waals surface area contributed by atoms with Crippen LogP contribution in [-0.2, 0) is 11.2 Å². The number of amides is 1. The van der Waals surface area contributed by atoms with Crippen LogP contribution in [0.4, 0.5) is 0 Å². The minimum Gasteiger partial charge on any atom is -0.508 e. The summed E-state index contributed by atoms with van der Waals surface area (Å²) in [6.07, 6.45) is 1.08. The lowest BCUT2D eigenvalue weighted by Crippen LogP contribution is -2.27. The summed E-state index contributed by atoms with van der Waals surface area (Å²) in [7, 11) is 0. The van der Waals surface area contributed by atoms with Crippen LogP contribution in [0.1, 0.15) is 29.0 Å². The molecule has 0 heterocycles. The van der Waals surface area contributed by atoms with Crippen molar-refractivity contribution in [3.05, 3.63) is 100 Å². The Labute approximate surface area is 168 Å². The Morgan fingerprint density at radius 3 is 2.33 bits per heavy atom. The summed E-state index contributed by atoms with van der Waals surface area (Å²) in [5.41, 5.74) is 2.94. The smallest absolute Gasteiger partial charge is 0.220 e. The topological polar surface area (TPSA) is 49.3 Å². The van der Waals surface area contributed by atoms with E-state index < -0.39 is 0 Å². The highest BCUT2D eigenvalue weighted by atomic mass is 79.9. The van der Waals surface area contributed by atoms with Crippen LogP contribution in [0.2, 0.25) is 0 Å². The Hall–Kier alpha value is -2.59. The van der Waals surface area contributed by atoms with Crippen LogP contribution in [0, 0.1) is 0 Å². The van der Waals surface area contributed by atoms with E-state index in [-0.39, 0.29) is 24.0 Å². The molecule has 2 N–H and O–H groups in total. The van der Waals surface area contributed by atoms with E-state index in [9.17, 15) is 9.90 Å². The third-order valence-corrected chi connectivity index (χ3v) is 5.03. The molecule has 0 fully saturated rings. The predicted octanol–water partition coefficient (Wildman–Crippen LogP) is 5.04. The van der Waals surface area contributed by atoms with Gasteiger partial charge in [0.2, 0.25) is 5.91 Å². The van der Waals surface area contributed by atoms with Crippen molar-refractivity contribution in [2.45, 2.75) is 18.8 Å². The fraction of sp³-hybridized carbons (Fsp3) is 0.174. The molecule has 0 radical (unpaired) electrons. The van der Waals surface area contributed by atoms with Gasteiger partial charge in [0.05, 0.1) is 0 Å². The van der Waals surface area contributed by atoms with Gasteiger partial charge >= 0.3 is 0 Å². The highest BCUT2D eigenvalue weighted by molar-refractivity contribution is 9.10. The first-order chi connectivity index (χ1) is 13.1. The predicted molar refractivity (Wildman–Crippen MR) is 112 cm³/mol. The zero-order valence-corrected chi connectivity index (χ0v) is 16.5. The van der Waals surface area contributed by atoms with Gasteiger partial charge in [-0.2, -0.15) is 0 Å². The van der Waals surface area contributed by atoms with Crippen LogP contribution in [0.5, 0.6) is 5.75 Å². The molecule has 1 unspecified atom stereocenters. The van der Waals surface area contributed by atoms with Gasteiger partial charge in [0.25, 0.3) is 0 Å². The minimum atomic E-state index is -0.208. The lowest BCUT2D eigenvalue weighted by molar-refractivity contribution is -0.121. The lowest BCUT2D eigenvalue weighted by Gasteiger charge is -2.19. The Morgan fingerprint density at radius 2 is 1.63 bits per heavy atom. The summed E-state index contributed by atoms with van der Waals surface area (Å²) >= 11 is 3.46. The number of phenolic OH excluding ortho intramolecular Hbond substituents is 1. The average molecular weight is 424 g/mol. The van der Waals surface area contributed by atoms with Crippen molar-refractivity contribution in [2.24, 2.45) is 0 Å². The third-order valence-electron chi connectivity index (χ3n) is 4.54. The third kappa shape index (κ3) is 5.44. The molecular formula is C23H22BrNO2. The van der Waals surface area contributed by atoms with E-state index in [4.69, 9.17) is 0 Å². The normalized spacial score (nSPS) is 11.7. The highest BCUT2D eigenvalue weighted by Gasteiger charge is 2.21. The molecule has 3 nitrogen and oxygen atoms in total. The van der Waals surface area contributed by atoms with Gasteiger partial charge in [0.15, 0.2) is 0 Å². The molecule has 1 amide bonds. The fourth-order valence-electron chi connectivity index (χ4n) is 3.15. The highest BCUT2D eigenvalue weighted by Crippen LogP contribution is 2.35. The number of rotatable bonds is 7. The molecule has 3 aromatic carbocycles. The maximum absolute atomic E-state index is 12.6. The molecule has 3 rings (SSSR count). The van der Waals surface area contributed by atoms with Crippen LogP contribution >= 0.6 is 15.9 Å². The van der Waals surface area contributed by atoms with Gasteiger partial charge in [0, 0.05) is 28.9 Å². The first kappa shape index (κ1) is 19.2. The van der Waals surface area contributed by atoms with Crippen LogP contribution in [0.25, 0.3) is 0 Å². The van der Waals surface area contributed by atoms with Crippen LogP contribution in [0.3, 0.4) is 0 Å². The van der Waals surface area contributed by atoms with E-state index in [2.05, 4.69) is 33.4 Å². The average Bonchev–Trinajstić information content (AvgIpc) is 2.70. The summed E-state index contributed by atoms with van der Waals surface area (Å²) in [6.45, 7) is 0.592. The number of halogens is 1. The van der Waals surface area contributed by atoms with E-state index in [0.29, 0.717) is 6.54 Å². The number of phenols is 1. The van der Waals surface area contributed by atoms with Gasteiger partial charge in [-0.15, -0.1) is 0 Å². The fourth-order valence-corrected chi connectivity index (χ4v) is 3.52. The van der Waals surface area contributed by atoms with E-state index in [1.165, 1.54) is 5.56 Å². The van der Waals surface area contributed by atoms with Gasteiger partial charge in [-0.3, -0.25) is 4.79 Å². The second-order valence-electron chi connectivity index (χ2n) is 6.46. The van der Waals surface area contributed by atoms with Crippen LogP contribution < -0.4 is 5.32 Å². The summed E-state index contributed by atoms with van der Waals surface area (Å²) in [5.74, 6) is -0.0382. The van der Waals surface area contributed by atoms with Gasteiger partial charge < -0.3 is 10.4 Å². The van der Waals surface area contributed by atoms with Crippen molar-refractivity contribution in [1.29, 1.82) is 0 Å². The van der Waals surface area contributed by atoms with Gasteiger partial charge in [-0.1, -0.05) is 76.6 Å². The Kier molecular flexibility index (Phi) is 6.66. The summed E-state index contributed by atoms with van der Waals surface area (Å²) in [6, 6.07) is 25.2. The number of benzene rings is 3. The number of nitrogens with one attached hydrogen (secondary N) is 1. The standard InChI is InChI=1S/C23H22BrNO2/c24-19-11-12-22(26)21(15-19)20(18-9-5-2-6-10-18)16-23(27)25-14-13-17-7-3-1-4-8-17/h1-12,15,20,26H,13-14,16H2,(H,25,27). The SMILES string of the molecule is O=C(CC(c1ccccc1)c1cc(Br)ccc1O)NCCc1ccccc1. The largest absolute Gasteiger partial charge is 0.508 e. The van der Waals surface area contributed by atoms with Crippen molar-refractivity contribution in [1.82, 2.24) is 5.32 Å². The quantitative estimate of drug-likeness (QED) is 0.559. The molecule has 138 valence electrons. The first-order valence-electron chi connectivity index (χ1n) is 8.97. The zero-order valence-electron chi connectivity index (χ0n) is 14.9. The number of aromatic hydroxyl groups is 1. The molecule has 0 bridgehead atoms. The molecule has 0 aliphatic heterocycles. The second-order valence-corrected chi connectivity index (χ2v) is 7.37. The van der Waals surface area contributed by atoms with Crippen molar-refractivity contribution >= 4 is 21.8 Å². The summed E-state index contributed by atoms with van der Waals surface area (Å²) < 4.78 is 0.876. The molecule has 1 atom stereocenters. The second kappa shape index (κ2) is 9.38. The van der Waals surface area contributed by atoms with E-state index in [1.807, 2.05) is 54.6 Å². The molecule has 0 aliphatic rings. The van der Waals surface area contributed by atoms with Crippen molar-refractivity contribution in [2.75, 3.05) is 6.54 Å². The molecule has 27 heavy (non-hydrogen) atoms. The molecule has 0 spiro atoms. The number of hydrogen-bond acceptors (Lipinski definition) is 2. The van der Waals surface area contributed by atoms with E-state index in [0.717, 1.165) is 22.0 Å². The molecule has 0 aromatic heterocycles. The van der Waals surface area contributed by atoms with Gasteiger partial charge in [0.1, 0.15) is 5.75 Å². The van der Waals surface area contributed by atoms with E-state index >= 15 is 0 Å². The first-order valence-corrected chi connectivity index (χ1v) is 9.77. The van der Waals surface area contributed by atoms with Crippen molar-refractivity contribution in [3.63, 3.8) is 0 Å². The maximum Gasteiger partial charge on any atom is 0.220 e. The van der Waals surface area contributed by atoms with Crippen LogP contribution in [0.15, 0.2) is 83.3 Å². The van der Waals surface area contributed by atoms with E-state index in [1.54, 1.807) is 12.1 Å². The molecule has 4 heteroatoms. The number of carbonyl (C=O) groups excluding carboxylic acids is 1.